The van der Waals surface area contributed by atoms with Crippen LogP contribution in [0.25, 0.3) is 0 Å². The minimum Gasteiger partial charge on any atom is -0.290 e. The van der Waals surface area contributed by atoms with Crippen LogP contribution < -0.4 is 11.3 Å². The molecule has 0 atom stereocenters. The number of aryl methyl sites for hydroxylation is 1. The lowest BCUT2D eigenvalue weighted by molar-refractivity contribution is 0.0953. The highest BCUT2D eigenvalue weighted by Gasteiger charge is 2.03. The van der Waals surface area contributed by atoms with Crippen molar-refractivity contribution in [2.24, 2.45) is 12.9 Å². The normalized spacial score (nSPS) is 10.3. The van der Waals surface area contributed by atoms with Gasteiger partial charge < -0.3 is 0 Å². The molecule has 0 spiro atoms. The Bertz CT molecular complexity index is 535. The molecule has 0 bridgehead atoms. The third-order valence-electron chi connectivity index (χ3n) is 2.43. The molecular weight excluding hydrogens is 248 g/mol. The maximum Gasteiger partial charge on any atom is 0.265 e. The van der Waals surface area contributed by atoms with E-state index in [1.165, 1.54) is 0 Å². The molecule has 2 rings (SSSR count). The summed E-state index contributed by atoms with van der Waals surface area (Å²) in [4.78, 5) is 12.4. The van der Waals surface area contributed by atoms with Crippen LogP contribution in [0.1, 0.15) is 15.9 Å². The van der Waals surface area contributed by atoms with Crippen LogP contribution in [0.5, 0.6) is 0 Å². The van der Waals surface area contributed by atoms with Crippen LogP contribution in [0.15, 0.2) is 41.6 Å². The van der Waals surface area contributed by atoms with Crippen molar-refractivity contribution in [3.05, 3.63) is 47.8 Å². The van der Waals surface area contributed by atoms with Crippen LogP contribution in [-0.4, -0.2) is 15.7 Å². The monoisotopic (exact) mass is 262 g/mol. The Kier molecular flexibility index (Phi) is 4.01. The number of benzene rings is 1. The maximum atomic E-state index is 11.3. The van der Waals surface area contributed by atoms with Gasteiger partial charge in [-0.3, -0.25) is 14.9 Å². The largest absolute Gasteiger partial charge is 0.290 e. The predicted octanol–water partition coefficient (Wildman–Crippen LogP) is 1.32. The molecule has 2 aromatic rings. The SMILES string of the molecule is Cn1cc(SCc2ccc(C(=O)NN)cc2)cn1. The highest BCUT2D eigenvalue weighted by Crippen LogP contribution is 2.21. The summed E-state index contributed by atoms with van der Waals surface area (Å²) in [5, 5.41) is 4.11. The van der Waals surface area contributed by atoms with Gasteiger partial charge in [-0.05, 0) is 17.7 Å². The zero-order valence-electron chi connectivity index (χ0n) is 9.96. The smallest absolute Gasteiger partial charge is 0.265 e. The van der Waals surface area contributed by atoms with Gasteiger partial charge in [-0.1, -0.05) is 12.1 Å². The fraction of sp³-hybridized carbons (Fsp3) is 0.167. The van der Waals surface area contributed by atoms with Crippen molar-refractivity contribution in [3.8, 4) is 0 Å². The van der Waals surface area contributed by atoms with Crippen molar-refractivity contribution in [2.75, 3.05) is 0 Å². The van der Waals surface area contributed by atoms with Gasteiger partial charge in [-0.15, -0.1) is 11.8 Å². The number of nitrogen functional groups attached to an aromatic ring is 1. The summed E-state index contributed by atoms with van der Waals surface area (Å²) in [7, 11) is 1.89. The Morgan fingerprint density at radius 3 is 2.72 bits per heavy atom. The minimum absolute atomic E-state index is 0.276. The van der Waals surface area contributed by atoms with Crippen LogP contribution in [0, 0.1) is 0 Å². The number of amides is 1. The van der Waals surface area contributed by atoms with E-state index in [1.54, 1.807) is 28.6 Å². The number of carbonyl (C=O) groups excluding carboxylic acids is 1. The number of nitrogens with one attached hydrogen (secondary N) is 1. The van der Waals surface area contributed by atoms with Gasteiger partial charge in [0, 0.05) is 29.5 Å². The Balaban J connectivity index is 1.96. The number of hydrogen-bond donors (Lipinski definition) is 2. The van der Waals surface area contributed by atoms with Crippen molar-refractivity contribution >= 4 is 17.7 Å². The van der Waals surface area contributed by atoms with Gasteiger partial charge >= 0.3 is 0 Å². The number of rotatable bonds is 4. The third kappa shape index (κ3) is 3.12. The fourth-order valence-corrected chi connectivity index (χ4v) is 2.35. The van der Waals surface area contributed by atoms with E-state index in [2.05, 4.69) is 10.5 Å². The number of thioether (sulfide) groups is 1. The lowest BCUT2D eigenvalue weighted by atomic mass is 10.1. The van der Waals surface area contributed by atoms with Crippen molar-refractivity contribution in [1.82, 2.24) is 15.2 Å². The van der Waals surface area contributed by atoms with E-state index in [1.807, 2.05) is 31.6 Å². The quantitative estimate of drug-likeness (QED) is 0.377. The average molecular weight is 262 g/mol. The van der Waals surface area contributed by atoms with Crippen LogP contribution in [0.3, 0.4) is 0 Å². The molecular formula is C12H14N4OS. The number of nitrogens with two attached hydrogens (primary N) is 1. The summed E-state index contributed by atoms with van der Waals surface area (Å²) < 4.78 is 1.77. The summed E-state index contributed by atoms with van der Waals surface area (Å²) in [6, 6.07) is 7.38. The molecule has 1 heterocycles. The molecule has 1 aromatic carbocycles. The molecule has 1 amide bonds. The second-order valence-corrected chi connectivity index (χ2v) is 4.86. The number of hydrazine groups is 1. The zero-order valence-corrected chi connectivity index (χ0v) is 10.8. The number of hydrogen-bond acceptors (Lipinski definition) is 4. The second kappa shape index (κ2) is 5.70. The van der Waals surface area contributed by atoms with Gasteiger partial charge in [-0.25, -0.2) is 5.84 Å². The topological polar surface area (TPSA) is 72.9 Å². The Morgan fingerprint density at radius 1 is 1.44 bits per heavy atom. The molecule has 0 fully saturated rings. The molecule has 0 unspecified atom stereocenters. The number of carbonyl (C=O) groups is 1. The van der Waals surface area contributed by atoms with Crippen molar-refractivity contribution in [2.45, 2.75) is 10.6 Å². The van der Waals surface area contributed by atoms with E-state index in [-0.39, 0.29) is 5.91 Å². The van der Waals surface area contributed by atoms with E-state index in [4.69, 9.17) is 5.84 Å². The second-order valence-electron chi connectivity index (χ2n) is 3.81. The molecule has 6 heteroatoms. The zero-order chi connectivity index (χ0) is 13.0. The van der Waals surface area contributed by atoms with Crippen molar-refractivity contribution < 1.29 is 4.79 Å². The maximum absolute atomic E-state index is 11.3. The molecule has 0 aliphatic rings. The van der Waals surface area contributed by atoms with Gasteiger partial charge in [0.2, 0.25) is 0 Å². The summed E-state index contributed by atoms with van der Waals surface area (Å²) in [5.74, 6) is 5.63. The van der Waals surface area contributed by atoms with Gasteiger partial charge in [0.15, 0.2) is 0 Å². The van der Waals surface area contributed by atoms with Crippen LogP contribution in [0.4, 0.5) is 0 Å². The fourth-order valence-electron chi connectivity index (χ4n) is 1.48. The first kappa shape index (κ1) is 12.7. The van der Waals surface area contributed by atoms with Crippen LogP contribution >= 0.6 is 11.8 Å². The first-order valence-corrected chi connectivity index (χ1v) is 6.39. The molecule has 18 heavy (non-hydrogen) atoms. The highest BCUT2D eigenvalue weighted by molar-refractivity contribution is 7.98. The lowest BCUT2D eigenvalue weighted by Crippen LogP contribution is -2.29. The van der Waals surface area contributed by atoms with Crippen LogP contribution in [0.2, 0.25) is 0 Å². The average Bonchev–Trinajstić information content (AvgIpc) is 2.82. The predicted molar refractivity (Wildman–Crippen MR) is 70.9 cm³/mol. The molecule has 5 nitrogen and oxygen atoms in total. The standard InChI is InChI=1S/C12H14N4OS/c1-16-7-11(6-14-16)18-8-9-2-4-10(5-3-9)12(17)15-13/h2-7H,8,13H2,1H3,(H,15,17). The van der Waals surface area contributed by atoms with Gasteiger partial charge in [-0.2, -0.15) is 5.10 Å². The van der Waals surface area contributed by atoms with Crippen LogP contribution in [-0.2, 0) is 12.8 Å². The van der Waals surface area contributed by atoms with E-state index in [0.717, 1.165) is 16.2 Å². The van der Waals surface area contributed by atoms with E-state index < -0.39 is 0 Å². The third-order valence-corrected chi connectivity index (χ3v) is 3.46. The molecule has 94 valence electrons. The Hall–Kier alpha value is -1.79. The first-order chi connectivity index (χ1) is 8.69. The lowest BCUT2D eigenvalue weighted by Gasteiger charge is -2.02. The minimum atomic E-state index is -0.276. The van der Waals surface area contributed by atoms with E-state index in [0.29, 0.717) is 5.56 Å². The molecule has 0 aliphatic carbocycles. The van der Waals surface area contributed by atoms with Gasteiger partial charge in [0.05, 0.1) is 6.20 Å². The molecule has 3 N–H and O–H groups in total. The highest BCUT2D eigenvalue weighted by atomic mass is 32.2. The number of nitrogens with zero attached hydrogens (tertiary/aromatic N) is 2. The molecule has 0 aliphatic heterocycles. The Morgan fingerprint density at radius 2 is 2.17 bits per heavy atom. The summed E-state index contributed by atoms with van der Waals surface area (Å²) >= 11 is 1.71. The summed E-state index contributed by atoms with van der Waals surface area (Å²) in [6.45, 7) is 0. The van der Waals surface area contributed by atoms with Gasteiger partial charge in [0.1, 0.15) is 0 Å². The van der Waals surface area contributed by atoms with E-state index in [9.17, 15) is 4.79 Å². The van der Waals surface area contributed by atoms with E-state index >= 15 is 0 Å². The summed E-state index contributed by atoms with van der Waals surface area (Å²) in [6.07, 6.45) is 3.81. The molecule has 1 aromatic heterocycles. The molecule has 0 saturated heterocycles. The van der Waals surface area contributed by atoms with Gasteiger partial charge in [0.25, 0.3) is 5.91 Å². The number of aromatic nitrogens is 2. The molecule has 0 radical (unpaired) electrons. The Labute approximate surface area is 109 Å². The molecule has 0 saturated carbocycles. The first-order valence-electron chi connectivity index (χ1n) is 5.40. The van der Waals surface area contributed by atoms with Crippen molar-refractivity contribution in [3.63, 3.8) is 0 Å². The van der Waals surface area contributed by atoms with Crippen molar-refractivity contribution in [1.29, 1.82) is 0 Å². The summed E-state index contributed by atoms with van der Waals surface area (Å²) in [5.41, 5.74) is 3.82.